The quantitative estimate of drug-likeness (QED) is 0.124. The first-order chi connectivity index (χ1) is 14.5. The molecule has 3 unspecified atom stereocenters. The summed E-state index contributed by atoms with van der Waals surface area (Å²) >= 11 is 7.39. The molecule has 1 rings (SSSR count). The molecule has 180 valence electrons. The number of nitrogens with one attached hydrogen (secondary N) is 1. The topological polar surface area (TPSA) is 66.5 Å². The fourth-order valence-corrected chi connectivity index (χ4v) is 3.54. The molecule has 1 N–H and O–H groups in total. The zero-order valence-corrected chi connectivity index (χ0v) is 27.2. The van der Waals surface area contributed by atoms with E-state index in [1.54, 1.807) is 0 Å². The van der Waals surface area contributed by atoms with Gasteiger partial charge in [-0.3, -0.25) is 9.59 Å². The van der Waals surface area contributed by atoms with E-state index in [0.717, 1.165) is 38.6 Å². The Morgan fingerprint density at radius 2 is 1.74 bits per heavy atom. The van der Waals surface area contributed by atoms with Gasteiger partial charge in [0.25, 0.3) is 0 Å². The van der Waals surface area contributed by atoms with Crippen molar-refractivity contribution in [2.45, 2.75) is 91.6 Å². The van der Waals surface area contributed by atoms with Crippen molar-refractivity contribution in [1.29, 1.82) is 0 Å². The van der Waals surface area contributed by atoms with Crippen LogP contribution >= 0.6 is 59.9 Å². The molecule has 1 heterocycles. The second-order valence-corrected chi connectivity index (χ2v) is 43.4. The molecule has 0 aromatic carbocycles. The minimum atomic E-state index is -0.506. The average molecular weight is 809 g/mol. The van der Waals surface area contributed by atoms with Gasteiger partial charge < -0.3 is 27.9 Å². The van der Waals surface area contributed by atoms with Gasteiger partial charge in [-0.25, -0.2) is 0 Å². The number of hydrogen-bond donors (Lipinski definition) is 1. The van der Waals surface area contributed by atoms with Gasteiger partial charge in [-0.1, -0.05) is 40.0 Å². The van der Waals surface area contributed by atoms with Crippen LogP contribution in [0.4, 0.5) is 0 Å². The van der Waals surface area contributed by atoms with Crippen LogP contribution in [-0.2, 0) is 19.3 Å². The van der Waals surface area contributed by atoms with Crippen molar-refractivity contribution in [2.75, 3.05) is 6.54 Å². The number of likely N-dealkylation sites (tertiary alicyclic amines) is 1. The zero-order valence-electron chi connectivity index (χ0n) is 19.3. The summed E-state index contributed by atoms with van der Waals surface area (Å²) in [4.78, 5) is 38.8. The van der Waals surface area contributed by atoms with Gasteiger partial charge in [0.2, 0.25) is 11.8 Å². The predicted molar refractivity (Wildman–Crippen MR) is 150 cm³/mol. The standard InChI is InChI=1S/C20H36N2O3.C2H.3HI.V/c1-6-7-8-11-17(13-16(5)23)19(24)21-18(14(2)3)20(25)22-12-9-10-15(22)4;1-2;;;;/h14-15,17-18H,6-13H2,1-5H3,(H,21,24);1H;3*1H;/q;-1;;;;+3/p-3. The first-order valence-electron chi connectivity index (χ1n) is 10.7. The van der Waals surface area contributed by atoms with Crippen LogP contribution in [0.25, 0.3) is 0 Å². The van der Waals surface area contributed by atoms with E-state index in [4.69, 9.17) is 6.42 Å². The molecule has 0 radical (unpaired) electrons. The molecule has 0 spiro atoms. The Balaban J connectivity index is 0. The number of nitrogens with zero attached hydrogens (tertiary/aromatic N) is 1. The molecular formula is C22H37I3N2O3V-. The van der Waals surface area contributed by atoms with Crippen LogP contribution in [-0.4, -0.2) is 41.1 Å². The van der Waals surface area contributed by atoms with E-state index in [-0.39, 0.29) is 46.8 Å². The fourth-order valence-electron chi connectivity index (χ4n) is 3.54. The van der Waals surface area contributed by atoms with E-state index in [1.165, 1.54) is 6.92 Å². The van der Waals surface area contributed by atoms with Crippen molar-refractivity contribution in [3.8, 4) is 6.42 Å². The van der Waals surface area contributed by atoms with Gasteiger partial charge >= 0.3 is 64.9 Å². The third kappa shape index (κ3) is 16.2. The molecule has 0 saturated carbocycles. The number of Topliss-reactive ketones (excluding diaryl/α,β-unsaturated/α-hetero) is 1. The number of ketones is 1. The summed E-state index contributed by atoms with van der Waals surface area (Å²) in [7, 11) is 0. The van der Waals surface area contributed by atoms with Crippen LogP contribution in [0.15, 0.2) is 0 Å². The van der Waals surface area contributed by atoms with Gasteiger partial charge in [0.05, 0.1) is 0 Å². The number of halogens is 3. The third-order valence-electron chi connectivity index (χ3n) is 5.13. The molecule has 1 fully saturated rings. The summed E-state index contributed by atoms with van der Waals surface area (Å²) in [6.07, 6.45) is 15.1. The van der Waals surface area contributed by atoms with Gasteiger partial charge in [0.1, 0.15) is 11.8 Å². The molecule has 0 aromatic rings. The van der Waals surface area contributed by atoms with Crippen molar-refractivity contribution in [1.82, 2.24) is 10.2 Å². The number of amides is 2. The van der Waals surface area contributed by atoms with Crippen molar-refractivity contribution >= 4 is 77.5 Å². The molecule has 0 aromatic heterocycles. The van der Waals surface area contributed by atoms with Gasteiger partial charge in [0, 0.05) is 24.9 Å². The molecular weight excluding hydrogens is 772 g/mol. The maximum atomic E-state index is 12.9. The van der Waals surface area contributed by atoms with Crippen LogP contribution in [0, 0.1) is 24.7 Å². The predicted octanol–water partition coefficient (Wildman–Crippen LogP) is 6.17. The second kappa shape index (κ2) is 20.3. The SMILES string of the molecule is CCCCCC(CC(C)=O)C(=O)NC(C(=O)N1CCCC1C)C(C)C.[C-]#C.[I][V]([I])[I]. The number of rotatable bonds is 10. The summed E-state index contributed by atoms with van der Waals surface area (Å²) in [5.41, 5.74) is 0. The van der Waals surface area contributed by atoms with Crippen LogP contribution in [0.2, 0.25) is 0 Å². The summed E-state index contributed by atoms with van der Waals surface area (Å²) in [5, 5.41) is 2.96. The van der Waals surface area contributed by atoms with E-state index in [9.17, 15) is 14.4 Å². The van der Waals surface area contributed by atoms with Crippen molar-refractivity contribution in [3.05, 3.63) is 6.42 Å². The van der Waals surface area contributed by atoms with E-state index in [1.807, 2.05) is 18.7 Å². The molecule has 31 heavy (non-hydrogen) atoms. The van der Waals surface area contributed by atoms with Crippen molar-refractivity contribution < 1.29 is 19.3 Å². The summed E-state index contributed by atoms with van der Waals surface area (Å²) < 4.78 is 0. The first kappa shape index (κ1) is 34.1. The van der Waals surface area contributed by atoms with Gasteiger partial charge in [-0.15, -0.1) is 0 Å². The van der Waals surface area contributed by atoms with Crippen molar-refractivity contribution in [3.63, 3.8) is 0 Å². The van der Waals surface area contributed by atoms with E-state index in [0.29, 0.717) is 6.42 Å². The number of carbonyl (C=O) groups excluding carboxylic acids is 3. The summed E-state index contributed by atoms with van der Waals surface area (Å²) in [5.74, 6) is -0.405. The van der Waals surface area contributed by atoms with E-state index < -0.39 is 6.04 Å². The van der Waals surface area contributed by atoms with Gasteiger partial charge in [-0.2, -0.15) is 0 Å². The Kier molecular flexibility index (Phi) is 22.4. The number of carbonyl (C=O) groups is 3. The van der Waals surface area contributed by atoms with Gasteiger partial charge in [-0.05, 0) is 39.0 Å². The molecule has 0 aliphatic carbocycles. The third-order valence-corrected chi connectivity index (χ3v) is 5.13. The summed E-state index contributed by atoms with van der Waals surface area (Å²) in [6.45, 7) is 10.4. The van der Waals surface area contributed by atoms with E-state index in [2.05, 4.69) is 85.5 Å². The Bertz CT molecular complexity index is 557. The summed E-state index contributed by atoms with van der Waals surface area (Å²) in [6, 6.07) is -0.267. The molecule has 9 heteroatoms. The van der Waals surface area contributed by atoms with Crippen LogP contribution in [0.1, 0.15) is 79.6 Å². The average Bonchev–Trinajstić information content (AvgIpc) is 3.11. The Labute approximate surface area is 227 Å². The molecule has 2 amide bonds. The number of terminal acetylenes is 1. The first-order valence-corrected chi connectivity index (χ1v) is 24.2. The molecule has 1 aliphatic rings. The van der Waals surface area contributed by atoms with Crippen molar-refractivity contribution in [2.24, 2.45) is 11.8 Å². The second-order valence-electron chi connectivity index (χ2n) is 8.04. The maximum absolute atomic E-state index is 12.9. The molecule has 5 nitrogen and oxygen atoms in total. The van der Waals surface area contributed by atoms with Crippen LogP contribution in [0.5, 0.6) is 0 Å². The Hall–Kier alpha value is 0.944. The molecule has 1 aliphatic heterocycles. The van der Waals surface area contributed by atoms with Gasteiger partial charge in [0.15, 0.2) is 0 Å². The zero-order chi connectivity index (χ0) is 24.6. The fraction of sp³-hybridized carbons (Fsp3) is 0.773. The molecule has 0 bridgehead atoms. The Morgan fingerprint density at radius 1 is 1.19 bits per heavy atom. The monoisotopic (exact) mass is 809 g/mol. The van der Waals surface area contributed by atoms with Crippen LogP contribution in [0.3, 0.4) is 0 Å². The molecule has 3 atom stereocenters. The Morgan fingerprint density at radius 3 is 2.13 bits per heavy atom. The minimum absolute atomic E-state index is 0.0171. The number of hydrogen-bond acceptors (Lipinski definition) is 3. The normalized spacial score (nSPS) is 17.2. The number of unbranched alkanes of at least 4 members (excludes halogenated alkanes) is 2. The van der Waals surface area contributed by atoms with E-state index >= 15 is 0 Å². The molecule has 1 saturated heterocycles. The van der Waals surface area contributed by atoms with Crippen LogP contribution < -0.4 is 5.32 Å².